The molecule has 0 atom stereocenters. The second-order valence-electron chi connectivity index (χ2n) is 5.69. The van der Waals surface area contributed by atoms with Crippen LogP contribution in [0.15, 0.2) is 74.4 Å². The number of hydrogen-bond acceptors (Lipinski definition) is 6. The third-order valence-electron chi connectivity index (χ3n) is 3.87. The second-order valence-corrected chi connectivity index (χ2v) is 5.69. The molecule has 0 saturated heterocycles. The summed E-state index contributed by atoms with van der Waals surface area (Å²) in [4.78, 5) is 28.2. The number of oxazole rings is 1. The van der Waals surface area contributed by atoms with E-state index in [0.717, 1.165) is 0 Å². The van der Waals surface area contributed by atoms with Crippen molar-refractivity contribution in [3.63, 3.8) is 0 Å². The van der Waals surface area contributed by atoms with Crippen molar-refractivity contribution in [1.29, 1.82) is 0 Å². The lowest BCUT2D eigenvalue weighted by molar-refractivity contribution is 0.0434. The van der Waals surface area contributed by atoms with E-state index >= 15 is 0 Å². The minimum atomic E-state index is -0.837. The molecule has 0 radical (unpaired) electrons. The van der Waals surface area contributed by atoms with Crippen LogP contribution in [-0.4, -0.2) is 11.0 Å². The molecular formula is C20H12FNO5. The summed E-state index contributed by atoms with van der Waals surface area (Å²) in [6.07, 6.45) is 1.45. The highest BCUT2D eigenvalue weighted by Crippen LogP contribution is 2.21. The summed E-state index contributed by atoms with van der Waals surface area (Å²) in [6, 6.07) is 14.0. The summed E-state index contributed by atoms with van der Waals surface area (Å²) in [6.45, 7) is -0.258. The van der Waals surface area contributed by atoms with Crippen LogP contribution in [0.4, 0.5) is 4.39 Å². The molecule has 0 aliphatic rings. The highest BCUT2D eigenvalue weighted by Gasteiger charge is 2.16. The quantitative estimate of drug-likeness (QED) is 0.402. The maximum Gasteiger partial charge on any atom is 0.351 e. The Balaban J connectivity index is 1.49. The smallest absolute Gasteiger partial charge is 0.351 e. The van der Waals surface area contributed by atoms with Gasteiger partial charge in [0.25, 0.3) is 0 Å². The highest BCUT2D eigenvalue weighted by atomic mass is 19.1. The van der Waals surface area contributed by atoms with Gasteiger partial charge in [-0.2, -0.15) is 0 Å². The van der Waals surface area contributed by atoms with Gasteiger partial charge >= 0.3 is 11.6 Å². The number of carbonyl (C=O) groups is 1. The minimum absolute atomic E-state index is 0.146. The van der Waals surface area contributed by atoms with Crippen molar-refractivity contribution in [1.82, 2.24) is 4.98 Å². The standard InChI is InChI=1S/C20H12FNO5/c21-14-7-5-12(6-8-14)17-10-22-18(26-17)11-25-19(23)15-9-13-3-1-2-4-16(13)27-20(15)24/h1-10H,11H2. The SMILES string of the molecule is O=C(OCc1ncc(-c2ccc(F)cc2)o1)c1cc2ccccc2oc1=O. The Morgan fingerprint density at radius 2 is 1.85 bits per heavy atom. The van der Waals surface area contributed by atoms with Crippen LogP contribution in [0.5, 0.6) is 0 Å². The summed E-state index contributed by atoms with van der Waals surface area (Å²) in [5.74, 6) is -0.642. The molecule has 0 aliphatic heterocycles. The normalized spacial score (nSPS) is 10.9. The molecule has 4 aromatic rings. The molecule has 0 spiro atoms. The lowest BCUT2D eigenvalue weighted by Gasteiger charge is -2.03. The highest BCUT2D eigenvalue weighted by molar-refractivity contribution is 5.92. The van der Waals surface area contributed by atoms with Gasteiger partial charge in [0.2, 0.25) is 5.89 Å². The van der Waals surface area contributed by atoms with Gasteiger partial charge in [-0.3, -0.25) is 0 Å². The van der Waals surface area contributed by atoms with Crippen LogP contribution in [0, 0.1) is 5.82 Å². The van der Waals surface area contributed by atoms with Gasteiger partial charge in [-0.1, -0.05) is 18.2 Å². The number of carbonyl (C=O) groups excluding carboxylic acids is 1. The summed E-state index contributed by atoms with van der Waals surface area (Å²) in [5, 5.41) is 0.610. The van der Waals surface area contributed by atoms with E-state index in [-0.39, 0.29) is 23.9 Å². The number of halogens is 1. The van der Waals surface area contributed by atoms with E-state index in [0.29, 0.717) is 22.3 Å². The molecule has 0 fully saturated rings. The van der Waals surface area contributed by atoms with Gasteiger partial charge in [0.15, 0.2) is 12.4 Å². The third kappa shape index (κ3) is 3.48. The molecular weight excluding hydrogens is 353 g/mol. The van der Waals surface area contributed by atoms with Crippen molar-refractivity contribution in [3.8, 4) is 11.3 Å². The molecule has 0 bridgehead atoms. The first kappa shape index (κ1) is 16.7. The summed E-state index contributed by atoms with van der Waals surface area (Å²) >= 11 is 0. The van der Waals surface area contributed by atoms with Crippen LogP contribution in [0.3, 0.4) is 0 Å². The number of hydrogen-bond donors (Lipinski definition) is 0. The number of nitrogens with zero attached hydrogens (tertiary/aromatic N) is 1. The Bertz CT molecular complexity index is 1180. The van der Waals surface area contributed by atoms with Crippen molar-refractivity contribution in [2.45, 2.75) is 6.61 Å². The minimum Gasteiger partial charge on any atom is -0.452 e. The van der Waals surface area contributed by atoms with Gasteiger partial charge in [0.05, 0.1) is 6.20 Å². The summed E-state index contributed by atoms with van der Waals surface area (Å²) in [7, 11) is 0. The van der Waals surface area contributed by atoms with Crippen molar-refractivity contribution in [2.75, 3.05) is 0 Å². The number of fused-ring (bicyclic) bond motifs is 1. The molecule has 134 valence electrons. The number of aromatic nitrogens is 1. The summed E-state index contributed by atoms with van der Waals surface area (Å²) in [5.41, 5.74) is 0.0319. The molecule has 0 unspecified atom stereocenters. The fourth-order valence-corrected chi connectivity index (χ4v) is 2.53. The van der Waals surface area contributed by atoms with Crippen LogP contribution >= 0.6 is 0 Å². The third-order valence-corrected chi connectivity index (χ3v) is 3.87. The summed E-state index contributed by atoms with van der Waals surface area (Å²) < 4.78 is 28.7. The molecule has 0 N–H and O–H groups in total. The van der Waals surface area contributed by atoms with Gasteiger partial charge in [0.1, 0.15) is 17.0 Å². The van der Waals surface area contributed by atoms with E-state index in [2.05, 4.69) is 4.98 Å². The predicted octanol–water partition coefficient (Wildman–Crippen LogP) is 3.94. The number of para-hydroxylation sites is 1. The Kier molecular flexibility index (Phi) is 4.25. The van der Waals surface area contributed by atoms with Crippen LogP contribution in [0.25, 0.3) is 22.3 Å². The topological polar surface area (TPSA) is 82.5 Å². The van der Waals surface area contributed by atoms with Crippen LogP contribution < -0.4 is 5.63 Å². The van der Waals surface area contributed by atoms with E-state index in [9.17, 15) is 14.0 Å². The Labute approximate surface area is 151 Å². The number of rotatable bonds is 4. The molecule has 0 amide bonds. The van der Waals surface area contributed by atoms with E-state index in [1.807, 2.05) is 0 Å². The average molecular weight is 365 g/mol. The zero-order valence-corrected chi connectivity index (χ0v) is 13.8. The average Bonchev–Trinajstić information content (AvgIpc) is 3.15. The van der Waals surface area contributed by atoms with Gasteiger partial charge in [0, 0.05) is 10.9 Å². The fraction of sp³-hybridized carbons (Fsp3) is 0.0500. The molecule has 7 heteroatoms. The van der Waals surface area contributed by atoms with Crippen LogP contribution in [0.1, 0.15) is 16.2 Å². The second kappa shape index (κ2) is 6.87. The van der Waals surface area contributed by atoms with Gasteiger partial charge < -0.3 is 13.6 Å². The Morgan fingerprint density at radius 1 is 1.07 bits per heavy atom. The van der Waals surface area contributed by atoms with Crippen molar-refractivity contribution in [2.24, 2.45) is 0 Å². The zero-order valence-electron chi connectivity index (χ0n) is 13.8. The first-order valence-corrected chi connectivity index (χ1v) is 8.01. The lowest BCUT2D eigenvalue weighted by atomic mass is 10.2. The maximum absolute atomic E-state index is 13.0. The van der Waals surface area contributed by atoms with E-state index in [1.165, 1.54) is 24.4 Å². The first-order valence-electron chi connectivity index (χ1n) is 8.01. The van der Waals surface area contributed by atoms with E-state index in [4.69, 9.17) is 13.6 Å². The van der Waals surface area contributed by atoms with Gasteiger partial charge in [-0.05, 0) is 36.4 Å². The number of ether oxygens (including phenoxy) is 1. The van der Waals surface area contributed by atoms with Crippen LogP contribution in [-0.2, 0) is 11.3 Å². The zero-order chi connectivity index (χ0) is 18.8. The monoisotopic (exact) mass is 365 g/mol. The largest absolute Gasteiger partial charge is 0.452 e. The molecule has 0 aliphatic carbocycles. The first-order chi connectivity index (χ1) is 13.1. The van der Waals surface area contributed by atoms with Crippen molar-refractivity contribution < 1.29 is 22.8 Å². The predicted molar refractivity (Wildman–Crippen MR) is 93.5 cm³/mol. The van der Waals surface area contributed by atoms with Gasteiger partial charge in [-0.15, -0.1) is 0 Å². The number of benzene rings is 2. The lowest BCUT2D eigenvalue weighted by Crippen LogP contribution is -2.16. The Hall–Kier alpha value is -3.74. The molecule has 4 rings (SSSR count). The Morgan fingerprint density at radius 3 is 2.67 bits per heavy atom. The molecule has 2 heterocycles. The molecule has 2 aromatic heterocycles. The van der Waals surface area contributed by atoms with E-state index in [1.54, 1.807) is 36.4 Å². The maximum atomic E-state index is 13.0. The molecule has 2 aromatic carbocycles. The molecule has 6 nitrogen and oxygen atoms in total. The molecule has 0 saturated carbocycles. The fourth-order valence-electron chi connectivity index (χ4n) is 2.53. The van der Waals surface area contributed by atoms with Gasteiger partial charge in [-0.25, -0.2) is 19.0 Å². The van der Waals surface area contributed by atoms with Crippen molar-refractivity contribution in [3.05, 3.63) is 88.5 Å². The van der Waals surface area contributed by atoms with Crippen molar-refractivity contribution >= 4 is 16.9 Å². The van der Waals surface area contributed by atoms with E-state index < -0.39 is 11.6 Å². The molecule has 27 heavy (non-hydrogen) atoms. The van der Waals surface area contributed by atoms with Crippen LogP contribution in [0.2, 0.25) is 0 Å². The number of esters is 1.